The van der Waals surface area contributed by atoms with Gasteiger partial charge < -0.3 is 14.2 Å². The standard InChI is InChI=1S/C55H102O6/c1-4-7-10-13-16-18-20-22-23-24-25-26-27-28-29-30-31-33-34-36-39-42-45-48-54(57)60-51-52(50-59-53(56)47-44-41-38-15-12-9-6-3)61-55(58)49-46-43-40-37-35-32-21-19-17-14-11-8-5-2/h11,14,19,21,52H,4-10,12-13,15-18,20,22-51H2,1-3H3/b14-11-,21-19-. The Balaban J connectivity index is 4.11. The molecule has 0 spiro atoms. The van der Waals surface area contributed by atoms with Gasteiger partial charge in [0.15, 0.2) is 6.10 Å². The highest BCUT2D eigenvalue weighted by molar-refractivity contribution is 5.71. The first-order valence-corrected chi connectivity index (χ1v) is 26.8. The molecule has 0 heterocycles. The fourth-order valence-electron chi connectivity index (χ4n) is 7.89. The summed E-state index contributed by atoms with van der Waals surface area (Å²) in [4.78, 5) is 37.8. The van der Waals surface area contributed by atoms with E-state index in [0.717, 1.165) is 89.9 Å². The Morgan fingerprint density at radius 2 is 0.623 bits per heavy atom. The van der Waals surface area contributed by atoms with Crippen LogP contribution in [0.3, 0.4) is 0 Å². The third-order valence-electron chi connectivity index (χ3n) is 11.9. The maximum Gasteiger partial charge on any atom is 0.306 e. The smallest absolute Gasteiger partial charge is 0.306 e. The van der Waals surface area contributed by atoms with E-state index in [1.165, 1.54) is 161 Å². The number of unbranched alkanes of at least 4 members (excludes halogenated alkanes) is 34. The highest BCUT2D eigenvalue weighted by Crippen LogP contribution is 2.17. The molecule has 358 valence electrons. The number of hydrogen-bond donors (Lipinski definition) is 0. The van der Waals surface area contributed by atoms with E-state index in [-0.39, 0.29) is 31.1 Å². The minimum atomic E-state index is -0.771. The van der Waals surface area contributed by atoms with Crippen LogP contribution in [0.25, 0.3) is 0 Å². The van der Waals surface area contributed by atoms with Crippen molar-refractivity contribution in [3.63, 3.8) is 0 Å². The summed E-state index contributed by atoms with van der Waals surface area (Å²) in [7, 11) is 0. The SMILES string of the molecule is CCC/C=C\C/C=C\CCCCCCCC(=O)OC(COC(=O)CCCCCCCCC)COC(=O)CCCCCCCCCCCCCCCCCCCCCCCCC. The molecule has 0 aromatic carbocycles. The van der Waals surface area contributed by atoms with E-state index in [4.69, 9.17) is 14.2 Å². The fourth-order valence-corrected chi connectivity index (χ4v) is 7.89. The van der Waals surface area contributed by atoms with E-state index < -0.39 is 6.10 Å². The van der Waals surface area contributed by atoms with Gasteiger partial charge >= 0.3 is 17.9 Å². The summed E-state index contributed by atoms with van der Waals surface area (Å²) in [5.41, 5.74) is 0. The molecule has 61 heavy (non-hydrogen) atoms. The van der Waals surface area contributed by atoms with Crippen molar-refractivity contribution < 1.29 is 28.6 Å². The van der Waals surface area contributed by atoms with Gasteiger partial charge in [0.1, 0.15) is 13.2 Å². The second-order valence-corrected chi connectivity index (χ2v) is 18.2. The molecule has 1 unspecified atom stereocenters. The van der Waals surface area contributed by atoms with Gasteiger partial charge in [-0.05, 0) is 44.9 Å². The zero-order valence-corrected chi connectivity index (χ0v) is 40.9. The minimum absolute atomic E-state index is 0.0729. The lowest BCUT2D eigenvalue weighted by molar-refractivity contribution is -0.167. The van der Waals surface area contributed by atoms with Crippen LogP contribution in [0.5, 0.6) is 0 Å². The average Bonchev–Trinajstić information content (AvgIpc) is 3.26. The van der Waals surface area contributed by atoms with Crippen LogP contribution in [0, 0.1) is 0 Å². The van der Waals surface area contributed by atoms with Gasteiger partial charge in [0.2, 0.25) is 0 Å². The molecule has 0 aromatic rings. The molecule has 0 aliphatic heterocycles. The van der Waals surface area contributed by atoms with Crippen molar-refractivity contribution in [3.05, 3.63) is 24.3 Å². The second kappa shape index (κ2) is 50.5. The zero-order valence-electron chi connectivity index (χ0n) is 40.9. The molecule has 0 amide bonds. The van der Waals surface area contributed by atoms with Crippen LogP contribution < -0.4 is 0 Å². The highest BCUT2D eigenvalue weighted by atomic mass is 16.6. The van der Waals surface area contributed by atoms with Crippen molar-refractivity contribution >= 4 is 17.9 Å². The van der Waals surface area contributed by atoms with E-state index in [2.05, 4.69) is 45.1 Å². The minimum Gasteiger partial charge on any atom is -0.462 e. The number of esters is 3. The van der Waals surface area contributed by atoms with Gasteiger partial charge in [-0.2, -0.15) is 0 Å². The number of hydrogen-bond acceptors (Lipinski definition) is 6. The van der Waals surface area contributed by atoms with Crippen molar-refractivity contribution in [1.29, 1.82) is 0 Å². The number of ether oxygens (including phenoxy) is 3. The van der Waals surface area contributed by atoms with E-state index in [9.17, 15) is 14.4 Å². The summed E-state index contributed by atoms with van der Waals surface area (Å²) in [5.74, 6) is -0.881. The molecule has 1 atom stereocenters. The number of allylic oxidation sites excluding steroid dienone is 4. The number of rotatable bonds is 49. The topological polar surface area (TPSA) is 78.9 Å². The second-order valence-electron chi connectivity index (χ2n) is 18.2. The summed E-state index contributed by atoms with van der Waals surface area (Å²) in [6.07, 6.45) is 57.7. The average molecular weight is 859 g/mol. The molecule has 0 bridgehead atoms. The van der Waals surface area contributed by atoms with E-state index >= 15 is 0 Å². The van der Waals surface area contributed by atoms with Gasteiger partial charge in [-0.1, -0.05) is 251 Å². The predicted octanol–water partition coefficient (Wildman–Crippen LogP) is 17.5. The molecule has 0 fully saturated rings. The Morgan fingerprint density at radius 1 is 0.328 bits per heavy atom. The first-order valence-electron chi connectivity index (χ1n) is 26.8. The quantitative estimate of drug-likeness (QED) is 0.0262. The van der Waals surface area contributed by atoms with Crippen LogP contribution in [-0.2, 0) is 28.6 Å². The summed E-state index contributed by atoms with van der Waals surface area (Å²) in [6.45, 7) is 6.55. The van der Waals surface area contributed by atoms with Crippen molar-refractivity contribution in [2.75, 3.05) is 13.2 Å². The van der Waals surface area contributed by atoms with Gasteiger partial charge in [-0.3, -0.25) is 14.4 Å². The van der Waals surface area contributed by atoms with E-state index in [0.29, 0.717) is 19.3 Å². The largest absolute Gasteiger partial charge is 0.462 e. The van der Waals surface area contributed by atoms with Crippen LogP contribution in [-0.4, -0.2) is 37.2 Å². The molecular weight excluding hydrogens is 757 g/mol. The number of carbonyl (C=O) groups excluding carboxylic acids is 3. The molecule has 6 nitrogen and oxygen atoms in total. The summed E-state index contributed by atoms with van der Waals surface area (Å²) in [6, 6.07) is 0. The van der Waals surface area contributed by atoms with E-state index in [1.807, 2.05) is 0 Å². The zero-order chi connectivity index (χ0) is 44.4. The van der Waals surface area contributed by atoms with Crippen molar-refractivity contribution in [1.82, 2.24) is 0 Å². The molecule has 0 radical (unpaired) electrons. The molecule has 6 heteroatoms. The molecule has 0 rings (SSSR count). The van der Waals surface area contributed by atoms with Gasteiger partial charge in [-0.25, -0.2) is 0 Å². The highest BCUT2D eigenvalue weighted by Gasteiger charge is 2.19. The van der Waals surface area contributed by atoms with Crippen molar-refractivity contribution in [2.45, 2.75) is 297 Å². The van der Waals surface area contributed by atoms with Gasteiger partial charge in [0, 0.05) is 19.3 Å². The van der Waals surface area contributed by atoms with Gasteiger partial charge in [0.25, 0.3) is 0 Å². The first-order chi connectivity index (χ1) is 30.0. The maximum absolute atomic E-state index is 12.7. The van der Waals surface area contributed by atoms with Crippen LogP contribution >= 0.6 is 0 Å². The Hall–Kier alpha value is -2.11. The van der Waals surface area contributed by atoms with Crippen molar-refractivity contribution in [3.8, 4) is 0 Å². The normalized spacial score (nSPS) is 12.1. The van der Waals surface area contributed by atoms with E-state index in [1.54, 1.807) is 0 Å². The third-order valence-corrected chi connectivity index (χ3v) is 11.9. The molecule has 0 saturated heterocycles. The van der Waals surface area contributed by atoms with Crippen LogP contribution in [0.4, 0.5) is 0 Å². The molecule has 0 aromatic heterocycles. The van der Waals surface area contributed by atoms with Gasteiger partial charge in [0.05, 0.1) is 0 Å². The monoisotopic (exact) mass is 859 g/mol. The first kappa shape index (κ1) is 58.9. The van der Waals surface area contributed by atoms with Crippen molar-refractivity contribution in [2.24, 2.45) is 0 Å². The number of carbonyl (C=O) groups is 3. The lowest BCUT2D eigenvalue weighted by Crippen LogP contribution is -2.30. The maximum atomic E-state index is 12.7. The third kappa shape index (κ3) is 48.8. The van der Waals surface area contributed by atoms with Gasteiger partial charge in [-0.15, -0.1) is 0 Å². The van der Waals surface area contributed by atoms with Crippen LogP contribution in [0.1, 0.15) is 290 Å². The Kier molecular flexibility index (Phi) is 48.8. The molecule has 0 N–H and O–H groups in total. The Labute approximate surface area is 379 Å². The molecule has 0 aliphatic rings. The lowest BCUT2D eigenvalue weighted by atomic mass is 10.0. The fraction of sp³-hybridized carbons (Fsp3) is 0.873. The predicted molar refractivity (Wildman–Crippen MR) is 261 cm³/mol. The summed E-state index contributed by atoms with van der Waals surface area (Å²) >= 11 is 0. The molecular formula is C55H102O6. The van der Waals surface area contributed by atoms with Crippen LogP contribution in [0.2, 0.25) is 0 Å². The molecule has 0 saturated carbocycles. The Bertz CT molecular complexity index is 989. The lowest BCUT2D eigenvalue weighted by Gasteiger charge is -2.18. The summed E-state index contributed by atoms with van der Waals surface area (Å²) in [5, 5.41) is 0. The van der Waals surface area contributed by atoms with Crippen LogP contribution in [0.15, 0.2) is 24.3 Å². The summed E-state index contributed by atoms with van der Waals surface area (Å²) < 4.78 is 16.7. The molecule has 0 aliphatic carbocycles. The Morgan fingerprint density at radius 3 is 0.967 bits per heavy atom.